The molecule has 1 heterocycles. The molecule has 0 bridgehead atoms. The molecule has 0 atom stereocenters. The number of ether oxygens (including phenoxy) is 1. The molecule has 0 saturated heterocycles. The lowest BCUT2D eigenvalue weighted by atomic mass is 10.1. The van der Waals surface area contributed by atoms with E-state index in [4.69, 9.17) is 4.74 Å². The van der Waals surface area contributed by atoms with Gasteiger partial charge in [-0.15, -0.1) is 0 Å². The monoisotopic (exact) mass is 341 g/mol. The third kappa shape index (κ3) is 3.46. The average molecular weight is 341 g/mol. The minimum atomic E-state index is -0.211. The molecule has 3 rings (SSSR count). The lowest BCUT2D eigenvalue weighted by Gasteiger charge is -2.14. The molecule has 2 aromatic rings. The lowest BCUT2D eigenvalue weighted by molar-refractivity contribution is 0.0647. The van der Waals surface area contributed by atoms with E-state index in [2.05, 4.69) is 12.3 Å². The average Bonchev–Trinajstić information content (AvgIpc) is 2.84. The van der Waals surface area contributed by atoms with Gasteiger partial charge in [0.1, 0.15) is 5.75 Å². The van der Waals surface area contributed by atoms with Gasteiger partial charge in [-0.05, 0) is 42.5 Å². The molecule has 4 nitrogen and oxygen atoms in total. The number of carbonyl (C=O) groups is 2. The number of hydrogen-bond acceptors (Lipinski definition) is 4. The van der Waals surface area contributed by atoms with E-state index in [-0.39, 0.29) is 11.8 Å². The first kappa shape index (κ1) is 16.6. The maximum Gasteiger partial charge on any atom is 0.261 e. The van der Waals surface area contributed by atoms with Gasteiger partial charge in [-0.3, -0.25) is 14.5 Å². The van der Waals surface area contributed by atoms with E-state index in [0.29, 0.717) is 30.7 Å². The smallest absolute Gasteiger partial charge is 0.261 e. The van der Waals surface area contributed by atoms with Crippen LogP contribution in [0.4, 0.5) is 0 Å². The van der Waals surface area contributed by atoms with Gasteiger partial charge in [0.2, 0.25) is 0 Å². The number of nitrogens with zero attached hydrogens (tertiary/aromatic N) is 1. The predicted octanol–water partition coefficient (Wildman–Crippen LogP) is 3.61. The van der Waals surface area contributed by atoms with Crippen LogP contribution in [0.2, 0.25) is 0 Å². The molecule has 5 heteroatoms. The summed E-state index contributed by atoms with van der Waals surface area (Å²) in [5, 5.41) is 0. The predicted molar refractivity (Wildman–Crippen MR) is 95.6 cm³/mol. The van der Waals surface area contributed by atoms with Gasteiger partial charge in [-0.1, -0.05) is 24.3 Å². The quantitative estimate of drug-likeness (QED) is 0.570. The summed E-state index contributed by atoms with van der Waals surface area (Å²) >= 11 is 1.77. The second kappa shape index (κ2) is 7.53. The Kier molecular flexibility index (Phi) is 5.20. The maximum absolute atomic E-state index is 12.2. The zero-order valence-corrected chi connectivity index (χ0v) is 14.3. The normalized spacial score (nSPS) is 13.3. The topological polar surface area (TPSA) is 46.6 Å². The van der Waals surface area contributed by atoms with Crippen LogP contribution in [-0.2, 0) is 5.75 Å². The number of fused-ring (bicyclic) bond motifs is 1. The van der Waals surface area contributed by atoms with E-state index >= 15 is 0 Å². The van der Waals surface area contributed by atoms with Crippen molar-refractivity contribution in [1.82, 2.24) is 4.90 Å². The summed E-state index contributed by atoms with van der Waals surface area (Å²) in [6.45, 7) is 0.840. The molecule has 0 N–H and O–H groups in total. The zero-order valence-electron chi connectivity index (χ0n) is 13.5. The zero-order chi connectivity index (χ0) is 16.9. The van der Waals surface area contributed by atoms with Crippen LogP contribution in [0.25, 0.3) is 0 Å². The number of rotatable bonds is 7. The molecule has 0 saturated carbocycles. The summed E-state index contributed by atoms with van der Waals surface area (Å²) < 4.78 is 5.74. The Morgan fingerprint density at radius 3 is 2.38 bits per heavy atom. The Bertz CT molecular complexity index is 725. The minimum Gasteiger partial charge on any atom is -0.494 e. The fourth-order valence-corrected chi connectivity index (χ4v) is 3.26. The summed E-state index contributed by atoms with van der Waals surface area (Å²) in [5.74, 6) is 1.35. The third-order valence-corrected chi connectivity index (χ3v) is 4.50. The van der Waals surface area contributed by atoms with Crippen LogP contribution >= 0.6 is 11.8 Å². The van der Waals surface area contributed by atoms with Crippen LogP contribution < -0.4 is 4.74 Å². The van der Waals surface area contributed by atoms with Crippen molar-refractivity contribution in [2.75, 3.05) is 19.4 Å². The number of benzene rings is 2. The van der Waals surface area contributed by atoms with Crippen molar-refractivity contribution < 1.29 is 14.3 Å². The van der Waals surface area contributed by atoms with Crippen molar-refractivity contribution in [1.29, 1.82) is 0 Å². The number of imide groups is 1. The molecule has 0 fully saturated rings. The van der Waals surface area contributed by atoms with Crippen LogP contribution in [-0.4, -0.2) is 36.1 Å². The van der Waals surface area contributed by atoms with Gasteiger partial charge >= 0.3 is 0 Å². The fraction of sp³-hybridized carbons (Fsp3) is 0.263. The Morgan fingerprint density at radius 2 is 1.71 bits per heavy atom. The van der Waals surface area contributed by atoms with Gasteiger partial charge in [0, 0.05) is 12.3 Å². The van der Waals surface area contributed by atoms with E-state index < -0.39 is 0 Å². The van der Waals surface area contributed by atoms with Crippen molar-refractivity contribution >= 4 is 23.6 Å². The molecular formula is C19H19NO3S. The second-order valence-corrected chi connectivity index (χ2v) is 6.46. The van der Waals surface area contributed by atoms with Crippen LogP contribution in [0.3, 0.4) is 0 Å². The summed E-state index contributed by atoms with van der Waals surface area (Å²) in [4.78, 5) is 25.8. The van der Waals surface area contributed by atoms with Crippen LogP contribution in [0.1, 0.15) is 32.7 Å². The molecular weight excluding hydrogens is 322 g/mol. The van der Waals surface area contributed by atoms with Gasteiger partial charge in [-0.2, -0.15) is 11.8 Å². The van der Waals surface area contributed by atoms with Crippen LogP contribution in [0.5, 0.6) is 5.75 Å². The van der Waals surface area contributed by atoms with E-state index in [1.807, 2.05) is 18.2 Å². The molecule has 0 aromatic heterocycles. The molecule has 0 unspecified atom stereocenters. The molecule has 1 aliphatic rings. The highest BCUT2D eigenvalue weighted by Gasteiger charge is 2.34. The molecule has 24 heavy (non-hydrogen) atoms. The lowest BCUT2D eigenvalue weighted by Crippen LogP contribution is -2.31. The van der Waals surface area contributed by atoms with Gasteiger partial charge in [-0.25, -0.2) is 0 Å². The van der Waals surface area contributed by atoms with Crippen molar-refractivity contribution in [3.63, 3.8) is 0 Å². The number of amides is 2. The molecule has 1 aliphatic heterocycles. The van der Waals surface area contributed by atoms with Crippen molar-refractivity contribution in [2.24, 2.45) is 0 Å². The van der Waals surface area contributed by atoms with Crippen LogP contribution in [0.15, 0.2) is 48.5 Å². The molecule has 0 radical (unpaired) electrons. The van der Waals surface area contributed by atoms with Crippen molar-refractivity contribution in [3.8, 4) is 5.75 Å². The van der Waals surface area contributed by atoms with Crippen molar-refractivity contribution in [2.45, 2.75) is 12.2 Å². The SMILES string of the molecule is CSCc1cccc(OCCCN2C(=O)c3ccccc3C2=O)c1. The molecule has 124 valence electrons. The third-order valence-electron chi connectivity index (χ3n) is 3.88. The first-order valence-corrected chi connectivity index (χ1v) is 9.26. The Morgan fingerprint density at radius 1 is 1.00 bits per heavy atom. The molecule has 0 aliphatic carbocycles. The fourth-order valence-electron chi connectivity index (χ4n) is 2.75. The summed E-state index contributed by atoms with van der Waals surface area (Å²) in [6, 6.07) is 14.9. The molecule has 2 amide bonds. The van der Waals surface area contributed by atoms with E-state index in [0.717, 1.165) is 11.5 Å². The Labute approximate surface area is 145 Å². The number of thioether (sulfide) groups is 1. The first-order chi connectivity index (χ1) is 11.7. The van der Waals surface area contributed by atoms with Gasteiger partial charge in [0.05, 0.1) is 17.7 Å². The van der Waals surface area contributed by atoms with Gasteiger partial charge in [0.25, 0.3) is 11.8 Å². The van der Waals surface area contributed by atoms with Crippen molar-refractivity contribution in [3.05, 3.63) is 65.2 Å². The van der Waals surface area contributed by atoms with E-state index in [9.17, 15) is 9.59 Å². The second-order valence-electron chi connectivity index (χ2n) is 5.59. The number of carbonyl (C=O) groups excluding carboxylic acids is 2. The summed E-state index contributed by atoms with van der Waals surface area (Å²) in [5.41, 5.74) is 2.21. The van der Waals surface area contributed by atoms with E-state index in [1.54, 1.807) is 36.0 Å². The highest BCUT2D eigenvalue weighted by Crippen LogP contribution is 2.22. The minimum absolute atomic E-state index is 0.211. The number of hydrogen-bond donors (Lipinski definition) is 0. The maximum atomic E-state index is 12.2. The highest BCUT2D eigenvalue weighted by atomic mass is 32.2. The highest BCUT2D eigenvalue weighted by molar-refractivity contribution is 7.97. The summed E-state index contributed by atoms with van der Waals surface area (Å²) in [7, 11) is 0. The Hall–Kier alpha value is -2.27. The van der Waals surface area contributed by atoms with Crippen LogP contribution in [0, 0.1) is 0 Å². The largest absolute Gasteiger partial charge is 0.494 e. The van der Waals surface area contributed by atoms with E-state index in [1.165, 1.54) is 10.5 Å². The first-order valence-electron chi connectivity index (χ1n) is 7.86. The Balaban J connectivity index is 1.52. The summed E-state index contributed by atoms with van der Waals surface area (Å²) in [6.07, 6.45) is 2.67. The van der Waals surface area contributed by atoms with Gasteiger partial charge < -0.3 is 4.74 Å². The molecule has 0 spiro atoms. The molecule has 2 aromatic carbocycles. The van der Waals surface area contributed by atoms with Gasteiger partial charge in [0.15, 0.2) is 0 Å². The standard InChI is InChI=1S/C19H19NO3S/c1-24-13-14-6-4-7-15(12-14)23-11-5-10-20-18(21)16-8-2-3-9-17(16)19(20)22/h2-4,6-9,12H,5,10-11,13H2,1H3.